The molecule has 34 heavy (non-hydrogen) atoms. The van der Waals surface area contributed by atoms with Crippen molar-refractivity contribution in [1.29, 1.82) is 0 Å². The second-order valence-electron chi connectivity index (χ2n) is 8.02. The number of thiophene rings is 1. The molecule has 2 aromatic heterocycles. The van der Waals surface area contributed by atoms with Gasteiger partial charge in [-0.05, 0) is 41.3 Å². The van der Waals surface area contributed by atoms with Gasteiger partial charge in [-0.3, -0.25) is 9.69 Å². The standard InChI is InChI=1S/C25H24FN5O2S/c1-33-21-10-9-18(16-20(21)26)17-29-11-13-30(14-12-29)25(32)23-27-24(22-8-5-15-34-22)31(28-23)19-6-3-2-4-7-19/h2-10,15-16H,11-14,17H2,1H3. The molecule has 0 aliphatic carbocycles. The number of para-hydroxylation sites is 1. The molecule has 0 atom stereocenters. The van der Waals surface area contributed by atoms with E-state index in [1.54, 1.807) is 27.0 Å². The number of methoxy groups -OCH3 is 1. The van der Waals surface area contributed by atoms with Crippen molar-refractivity contribution in [3.8, 4) is 22.1 Å². The summed E-state index contributed by atoms with van der Waals surface area (Å²) in [5.41, 5.74) is 1.73. The predicted molar refractivity (Wildman–Crippen MR) is 129 cm³/mol. The lowest BCUT2D eigenvalue weighted by molar-refractivity contribution is 0.0616. The molecule has 2 aromatic carbocycles. The van der Waals surface area contributed by atoms with Gasteiger partial charge in [0.2, 0.25) is 5.82 Å². The third-order valence-corrected chi connectivity index (χ3v) is 6.69. The van der Waals surface area contributed by atoms with E-state index in [1.807, 2.05) is 53.9 Å². The molecule has 3 heterocycles. The zero-order valence-corrected chi connectivity index (χ0v) is 19.5. The molecule has 1 aliphatic heterocycles. The van der Waals surface area contributed by atoms with Crippen LogP contribution in [0.2, 0.25) is 0 Å². The molecular weight excluding hydrogens is 453 g/mol. The Hall–Kier alpha value is -3.56. The number of ether oxygens (including phenoxy) is 1. The lowest BCUT2D eigenvalue weighted by atomic mass is 10.2. The molecule has 1 fully saturated rings. The first-order valence-corrected chi connectivity index (χ1v) is 11.9. The van der Waals surface area contributed by atoms with E-state index in [0.717, 1.165) is 16.1 Å². The molecule has 0 unspecified atom stereocenters. The molecule has 1 saturated heterocycles. The largest absolute Gasteiger partial charge is 0.494 e. The molecule has 5 rings (SSSR count). The molecule has 4 aromatic rings. The van der Waals surface area contributed by atoms with E-state index in [4.69, 9.17) is 4.74 Å². The summed E-state index contributed by atoms with van der Waals surface area (Å²) in [6, 6.07) is 18.6. The maximum absolute atomic E-state index is 14.0. The van der Waals surface area contributed by atoms with Crippen LogP contribution in [0.3, 0.4) is 0 Å². The van der Waals surface area contributed by atoms with Gasteiger partial charge >= 0.3 is 0 Å². The molecule has 9 heteroatoms. The molecular formula is C25H24FN5O2S. The molecule has 174 valence electrons. The fraction of sp³-hybridized carbons (Fsp3) is 0.240. The van der Waals surface area contributed by atoms with Crippen molar-refractivity contribution in [3.05, 3.63) is 83.2 Å². The third kappa shape index (κ3) is 4.57. The third-order valence-electron chi connectivity index (χ3n) is 5.82. The quantitative estimate of drug-likeness (QED) is 0.418. The molecule has 1 amide bonds. The molecule has 0 saturated carbocycles. The summed E-state index contributed by atoms with van der Waals surface area (Å²) in [6.07, 6.45) is 0. The fourth-order valence-corrected chi connectivity index (χ4v) is 4.73. The molecule has 1 aliphatic rings. The lowest BCUT2D eigenvalue weighted by Crippen LogP contribution is -2.48. The predicted octanol–water partition coefficient (Wildman–Crippen LogP) is 4.10. The summed E-state index contributed by atoms with van der Waals surface area (Å²) in [5.74, 6) is 0.546. The minimum absolute atomic E-state index is 0.178. The number of nitrogens with zero attached hydrogens (tertiary/aromatic N) is 5. The van der Waals surface area contributed by atoms with Crippen LogP contribution >= 0.6 is 11.3 Å². The van der Waals surface area contributed by atoms with E-state index in [9.17, 15) is 9.18 Å². The summed E-state index contributed by atoms with van der Waals surface area (Å²) in [7, 11) is 1.45. The van der Waals surface area contributed by atoms with Crippen LogP contribution in [-0.2, 0) is 6.54 Å². The maximum atomic E-state index is 14.0. The number of benzene rings is 2. The Kier molecular flexibility index (Phi) is 6.37. The molecule has 7 nitrogen and oxygen atoms in total. The average molecular weight is 478 g/mol. The van der Waals surface area contributed by atoms with E-state index in [-0.39, 0.29) is 23.3 Å². The van der Waals surface area contributed by atoms with E-state index >= 15 is 0 Å². The number of hydrogen-bond acceptors (Lipinski definition) is 6. The highest BCUT2D eigenvalue weighted by atomic mass is 32.1. The summed E-state index contributed by atoms with van der Waals surface area (Å²) < 4.78 is 20.7. The first-order valence-electron chi connectivity index (χ1n) is 11.0. The Labute approximate surface area is 201 Å². The highest BCUT2D eigenvalue weighted by Gasteiger charge is 2.27. The molecule has 0 N–H and O–H groups in total. The van der Waals surface area contributed by atoms with Crippen LogP contribution in [0, 0.1) is 5.82 Å². The van der Waals surface area contributed by atoms with Gasteiger partial charge in [-0.15, -0.1) is 16.4 Å². The van der Waals surface area contributed by atoms with Crippen LogP contribution in [0.1, 0.15) is 16.2 Å². The van der Waals surface area contributed by atoms with Gasteiger partial charge in [0.25, 0.3) is 5.91 Å². The first-order chi connectivity index (χ1) is 16.6. The Bertz CT molecular complexity index is 1270. The highest BCUT2D eigenvalue weighted by molar-refractivity contribution is 7.13. The van der Waals surface area contributed by atoms with Crippen molar-refractivity contribution in [3.63, 3.8) is 0 Å². The number of piperazine rings is 1. The number of carbonyl (C=O) groups excluding carboxylic acids is 1. The van der Waals surface area contributed by atoms with E-state index in [0.29, 0.717) is 38.5 Å². The van der Waals surface area contributed by atoms with E-state index < -0.39 is 0 Å². The Morgan fingerprint density at radius 3 is 2.53 bits per heavy atom. The lowest BCUT2D eigenvalue weighted by Gasteiger charge is -2.34. The van der Waals surface area contributed by atoms with Crippen molar-refractivity contribution in [1.82, 2.24) is 24.6 Å². The minimum atomic E-state index is -0.365. The minimum Gasteiger partial charge on any atom is -0.494 e. The SMILES string of the molecule is COc1ccc(CN2CCN(C(=O)c3nc(-c4cccs4)n(-c4ccccc4)n3)CC2)cc1F. The van der Waals surface area contributed by atoms with Gasteiger partial charge in [-0.1, -0.05) is 30.3 Å². The number of halogens is 1. The van der Waals surface area contributed by atoms with Gasteiger partial charge < -0.3 is 9.64 Å². The van der Waals surface area contributed by atoms with Gasteiger partial charge in [0.05, 0.1) is 17.7 Å². The summed E-state index contributed by atoms with van der Waals surface area (Å²) in [4.78, 5) is 22.8. The zero-order chi connectivity index (χ0) is 23.5. The fourth-order valence-electron chi connectivity index (χ4n) is 4.03. The summed E-state index contributed by atoms with van der Waals surface area (Å²) in [6.45, 7) is 3.12. The second-order valence-corrected chi connectivity index (χ2v) is 8.97. The number of aromatic nitrogens is 3. The van der Waals surface area contributed by atoms with E-state index in [1.165, 1.54) is 13.2 Å². The Morgan fingerprint density at radius 2 is 1.85 bits per heavy atom. The zero-order valence-electron chi connectivity index (χ0n) is 18.7. The van der Waals surface area contributed by atoms with Crippen LogP contribution in [0.5, 0.6) is 5.75 Å². The second kappa shape index (κ2) is 9.74. The van der Waals surface area contributed by atoms with Crippen LogP contribution < -0.4 is 4.74 Å². The first kappa shape index (κ1) is 22.2. The number of carbonyl (C=O) groups is 1. The smallest absolute Gasteiger partial charge is 0.293 e. The molecule has 0 radical (unpaired) electrons. The van der Waals surface area contributed by atoms with Crippen molar-refractivity contribution in [2.75, 3.05) is 33.3 Å². The van der Waals surface area contributed by atoms with E-state index in [2.05, 4.69) is 15.0 Å². The number of amides is 1. The summed E-state index contributed by atoms with van der Waals surface area (Å²) in [5, 5.41) is 6.56. The molecule has 0 bridgehead atoms. The van der Waals surface area contributed by atoms with Crippen LogP contribution in [0.15, 0.2) is 66.0 Å². The van der Waals surface area contributed by atoms with Crippen LogP contribution in [0.4, 0.5) is 4.39 Å². The monoisotopic (exact) mass is 477 g/mol. The van der Waals surface area contributed by atoms with Gasteiger partial charge in [0, 0.05) is 32.7 Å². The number of rotatable bonds is 6. The van der Waals surface area contributed by atoms with Crippen molar-refractivity contribution >= 4 is 17.2 Å². The molecule has 0 spiro atoms. The van der Waals surface area contributed by atoms with Gasteiger partial charge in [0.1, 0.15) is 0 Å². The maximum Gasteiger partial charge on any atom is 0.293 e. The van der Waals surface area contributed by atoms with Crippen molar-refractivity contribution in [2.45, 2.75) is 6.54 Å². The number of hydrogen-bond donors (Lipinski definition) is 0. The average Bonchev–Trinajstić information content (AvgIpc) is 3.55. The van der Waals surface area contributed by atoms with Crippen LogP contribution in [-0.4, -0.2) is 63.8 Å². The normalized spacial score (nSPS) is 14.4. The topological polar surface area (TPSA) is 63.5 Å². The van der Waals surface area contributed by atoms with Gasteiger partial charge in [-0.25, -0.2) is 14.1 Å². The van der Waals surface area contributed by atoms with Gasteiger partial charge in [-0.2, -0.15) is 0 Å². The van der Waals surface area contributed by atoms with Crippen molar-refractivity contribution < 1.29 is 13.9 Å². The van der Waals surface area contributed by atoms with Gasteiger partial charge in [0.15, 0.2) is 17.4 Å². The summed E-state index contributed by atoms with van der Waals surface area (Å²) >= 11 is 1.56. The highest BCUT2D eigenvalue weighted by Crippen LogP contribution is 2.26. The Balaban J connectivity index is 1.29. The Morgan fingerprint density at radius 1 is 1.06 bits per heavy atom. The van der Waals surface area contributed by atoms with Crippen LogP contribution in [0.25, 0.3) is 16.4 Å². The van der Waals surface area contributed by atoms with Crippen molar-refractivity contribution in [2.24, 2.45) is 0 Å².